The Hall–Kier alpha value is -0.710. The summed E-state index contributed by atoms with van der Waals surface area (Å²) < 4.78 is 1.50. The summed E-state index contributed by atoms with van der Waals surface area (Å²) in [6, 6.07) is 0. The zero-order chi connectivity index (χ0) is 9.10. The lowest BCUT2D eigenvalue weighted by Crippen LogP contribution is -2.13. The van der Waals surface area contributed by atoms with Gasteiger partial charge in [-0.25, -0.2) is 4.68 Å². The molecule has 13 heavy (non-hydrogen) atoms. The van der Waals surface area contributed by atoms with Gasteiger partial charge in [-0.1, -0.05) is 31.0 Å². The molecular weight excluding hydrogens is 184 g/mol. The largest absolute Gasteiger partial charge is 0.336 e. The van der Waals surface area contributed by atoms with Crippen LogP contribution in [0, 0.1) is 0 Å². The maximum absolute atomic E-state index is 5.63. The van der Waals surface area contributed by atoms with Gasteiger partial charge in [0.25, 0.3) is 0 Å². The standard InChI is InChI=1S/C8H14N4S/c9-12-6-10-11-8(12)13-7-4-2-1-3-5-7/h6-7H,1-5,9H2. The first-order chi connectivity index (χ1) is 6.36. The highest BCUT2D eigenvalue weighted by Gasteiger charge is 2.16. The fourth-order valence-corrected chi connectivity index (χ4v) is 2.78. The Balaban J connectivity index is 1.93. The molecule has 1 aliphatic carbocycles. The second kappa shape index (κ2) is 4.00. The minimum absolute atomic E-state index is 0.695. The van der Waals surface area contributed by atoms with Gasteiger partial charge in [0.2, 0.25) is 5.16 Å². The second-order valence-corrected chi connectivity index (χ2v) is 4.67. The van der Waals surface area contributed by atoms with E-state index in [1.54, 1.807) is 18.1 Å². The Morgan fingerprint density at radius 1 is 1.38 bits per heavy atom. The summed E-state index contributed by atoms with van der Waals surface area (Å²) in [6.45, 7) is 0. The molecule has 2 rings (SSSR count). The first-order valence-corrected chi connectivity index (χ1v) is 5.56. The normalized spacial score (nSPS) is 19.1. The summed E-state index contributed by atoms with van der Waals surface area (Å²) in [7, 11) is 0. The van der Waals surface area contributed by atoms with E-state index in [1.165, 1.54) is 36.8 Å². The van der Waals surface area contributed by atoms with Crippen LogP contribution in [0.2, 0.25) is 0 Å². The number of aromatic nitrogens is 3. The van der Waals surface area contributed by atoms with Gasteiger partial charge in [0.05, 0.1) is 0 Å². The summed E-state index contributed by atoms with van der Waals surface area (Å²) in [5.41, 5.74) is 0. The van der Waals surface area contributed by atoms with Crippen molar-refractivity contribution in [1.82, 2.24) is 14.9 Å². The molecule has 1 fully saturated rings. The highest BCUT2D eigenvalue weighted by molar-refractivity contribution is 7.99. The van der Waals surface area contributed by atoms with Crippen LogP contribution in [0.4, 0.5) is 0 Å². The van der Waals surface area contributed by atoms with Crippen LogP contribution in [0.5, 0.6) is 0 Å². The van der Waals surface area contributed by atoms with E-state index in [1.807, 2.05) is 0 Å². The van der Waals surface area contributed by atoms with Crippen molar-refractivity contribution in [3.8, 4) is 0 Å². The molecule has 0 saturated heterocycles. The van der Waals surface area contributed by atoms with Crippen LogP contribution >= 0.6 is 11.8 Å². The maximum Gasteiger partial charge on any atom is 0.209 e. The predicted octanol–water partition coefficient (Wildman–Crippen LogP) is 1.42. The van der Waals surface area contributed by atoms with Gasteiger partial charge in [-0.05, 0) is 12.8 Å². The van der Waals surface area contributed by atoms with Gasteiger partial charge in [-0.15, -0.1) is 10.2 Å². The number of thioether (sulfide) groups is 1. The van der Waals surface area contributed by atoms with Gasteiger partial charge in [-0.2, -0.15) is 0 Å². The summed E-state index contributed by atoms with van der Waals surface area (Å²) in [5, 5.41) is 9.25. The van der Waals surface area contributed by atoms with Crippen molar-refractivity contribution in [2.75, 3.05) is 5.84 Å². The fraction of sp³-hybridized carbons (Fsp3) is 0.750. The summed E-state index contributed by atoms with van der Waals surface area (Å²) in [5.74, 6) is 5.63. The highest BCUT2D eigenvalue weighted by atomic mass is 32.2. The molecule has 1 aliphatic rings. The Kier molecular flexibility index (Phi) is 2.73. The molecule has 1 aromatic heterocycles. The third kappa shape index (κ3) is 2.15. The van der Waals surface area contributed by atoms with Crippen LogP contribution in [0.1, 0.15) is 32.1 Å². The lowest BCUT2D eigenvalue weighted by molar-refractivity contribution is 0.515. The molecule has 0 atom stereocenters. The molecule has 0 aliphatic heterocycles. The molecule has 5 heteroatoms. The van der Waals surface area contributed by atoms with Crippen LogP contribution in [-0.2, 0) is 0 Å². The van der Waals surface area contributed by atoms with Crippen molar-refractivity contribution in [3.63, 3.8) is 0 Å². The lowest BCUT2D eigenvalue weighted by atomic mass is 10.0. The average Bonchev–Trinajstić information content (AvgIpc) is 2.54. The molecular formula is C8H14N4S. The number of nitrogen functional groups attached to an aromatic ring is 1. The molecule has 0 spiro atoms. The molecule has 72 valence electrons. The fourth-order valence-electron chi connectivity index (χ4n) is 1.65. The number of hydrogen-bond donors (Lipinski definition) is 1. The van der Waals surface area contributed by atoms with E-state index in [0.29, 0.717) is 5.25 Å². The summed E-state index contributed by atoms with van der Waals surface area (Å²) in [4.78, 5) is 0. The van der Waals surface area contributed by atoms with Gasteiger partial charge < -0.3 is 5.84 Å². The smallest absolute Gasteiger partial charge is 0.209 e. The molecule has 1 saturated carbocycles. The molecule has 1 heterocycles. The summed E-state index contributed by atoms with van der Waals surface area (Å²) >= 11 is 1.76. The van der Waals surface area contributed by atoms with Crippen LogP contribution in [0.3, 0.4) is 0 Å². The van der Waals surface area contributed by atoms with Gasteiger partial charge in [0.1, 0.15) is 6.33 Å². The zero-order valence-corrected chi connectivity index (χ0v) is 8.33. The second-order valence-electron chi connectivity index (χ2n) is 3.40. The number of nitrogens with zero attached hydrogens (tertiary/aromatic N) is 3. The first-order valence-electron chi connectivity index (χ1n) is 4.68. The monoisotopic (exact) mass is 198 g/mol. The third-order valence-electron chi connectivity index (χ3n) is 2.36. The predicted molar refractivity (Wildman–Crippen MR) is 52.9 cm³/mol. The lowest BCUT2D eigenvalue weighted by Gasteiger charge is -2.19. The van der Waals surface area contributed by atoms with Gasteiger partial charge >= 0.3 is 0 Å². The number of rotatable bonds is 2. The van der Waals surface area contributed by atoms with Crippen LogP contribution in [0.25, 0.3) is 0 Å². The molecule has 0 amide bonds. The Morgan fingerprint density at radius 2 is 2.15 bits per heavy atom. The minimum Gasteiger partial charge on any atom is -0.336 e. The van der Waals surface area contributed by atoms with Crippen LogP contribution in [0.15, 0.2) is 11.5 Å². The van der Waals surface area contributed by atoms with Crippen molar-refractivity contribution in [1.29, 1.82) is 0 Å². The van der Waals surface area contributed by atoms with Gasteiger partial charge in [0, 0.05) is 5.25 Å². The Bertz CT molecular complexity index is 267. The van der Waals surface area contributed by atoms with E-state index < -0.39 is 0 Å². The van der Waals surface area contributed by atoms with Crippen molar-refractivity contribution in [3.05, 3.63) is 6.33 Å². The number of hydrogen-bond acceptors (Lipinski definition) is 4. The average molecular weight is 198 g/mol. The molecule has 1 aromatic rings. The van der Waals surface area contributed by atoms with Crippen LogP contribution < -0.4 is 5.84 Å². The van der Waals surface area contributed by atoms with E-state index >= 15 is 0 Å². The third-order valence-corrected chi connectivity index (χ3v) is 3.67. The topological polar surface area (TPSA) is 56.7 Å². The van der Waals surface area contributed by atoms with E-state index in [-0.39, 0.29) is 0 Å². The number of nitrogens with two attached hydrogens (primary N) is 1. The van der Waals surface area contributed by atoms with E-state index in [4.69, 9.17) is 5.84 Å². The molecule has 4 nitrogen and oxygen atoms in total. The van der Waals surface area contributed by atoms with Gasteiger partial charge in [-0.3, -0.25) is 0 Å². The first kappa shape index (κ1) is 8.87. The maximum atomic E-state index is 5.63. The summed E-state index contributed by atoms with van der Waals surface area (Å²) in [6.07, 6.45) is 8.19. The minimum atomic E-state index is 0.695. The molecule has 0 unspecified atom stereocenters. The highest BCUT2D eigenvalue weighted by Crippen LogP contribution is 2.31. The van der Waals surface area contributed by atoms with E-state index in [2.05, 4.69) is 10.2 Å². The van der Waals surface area contributed by atoms with E-state index in [0.717, 1.165) is 5.16 Å². The Labute approximate surface area is 81.9 Å². The molecule has 0 bridgehead atoms. The van der Waals surface area contributed by atoms with Crippen molar-refractivity contribution in [2.45, 2.75) is 42.5 Å². The molecule has 2 N–H and O–H groups in total. The quantitative estimate of drug-likeness (QED) is 0.730. The SMILES string of the molecule is Nn1cnnc1SC1CCCCC1. The van der Waals surface area contributed by atoms with Crippen molar-refractivity contribution >= 4 is 11.8 Å². The van der Waals surface area contributed by atoms with Gasteiger partial charge in [0.15, 0.2) is 0 Å². The van der Waals surface area contributed by atoms with Crippen molar-refractivity contribution < 1.29 is 0 Å². The van der Waals surface area contributed by atoms with Crippen molar-refractivity contribution in [2.24, 2.45) is 0 Å². The Morgan fingerprint density at radius 3 is 2.77 bits per heavy atom. The molecule has 0 radical (unpaired) electrons. The van der Waals surface area contributed by atoms with E-state index in [9.17, 15) is 0 Å². The van der Waals surface area contributed by atoms with Crippen LogP contribution in [-0.4, -0.2) is 20.1 Å². The molecule has 0 aromatic carbocycles. The zero-order valence-electron chi connectivity index (χ0n) is 7.52.